The van der Waals surface area contributed by atoms with Crippen molar-refractivity contribution in [3.05, 3.63) is 0 Å². The SMILES string of the molecule is CC(NCCCOCC1CC1)C(N)=O. The van der Waals surface area contributed by atoms with Crippen molar-refractivity contribution in [2.24, 2.45) is 11.7 Å². The average Bonchev–Trinajstić information content (AvgIpc) is 2.94. The van der Waals surface area contributed by atoms with E-state index in [1.54, 1.807) is 6.92 Å². The molecular formula is C10H20N2O2. The van der Waals surface area contributed by atoms with Crippen molar-refractivity contribution in [3.8, 4) is 0 Å². The van der Waals surface area contributed by atoms with Gasteiger partial charge in [-0.15, -0.1) is 0 Å². The number of primary amides is 1. The highest BCUT2D eigenvalue weighted by Crippen LogP contribution is 2.28. The van der Waals surface area contributed by atoms with Gasteiger partial charge in [0.2, 0.25) is 5.91 Å². The fraction of sp³-hybridized carbons (Fsp3) is 0.900. The molecule has 1 rings (SSSR count). The molecule has 0 saturated heterocycles. The van der Waals surface area contributed by atoms with Gasteiger partial charge in [0.25, 0.3) is 0 Å². The average molecular weight is 200 g/mol. The van der Waals surface area contributed by atoms with Crippen LogP contribution in [-0.2, 0) is 9.53 Å². The molecule has 14 heavy (non-hydrogen) atoms. The van der Waals surface area contributed by atoms with Crippen LogP contribution >= 0.6 is 0 Å². The Morgan fingerprint density at radius 1 is 1.64 bits per heavy atom. The van der Waals surface area contributed by atoms with Gasteiger partial charge in [-0.3, -0.25) is 4.79 Å². The highest BCUT2D eigenvalue weighted by Gasteiger charge is 2.20. The minimum atomic E-state index is -0.302. The van der Waals surface area contributed by atoms with Crippen LogP contribution in [0.25, 0.3) is 0 Å². The third-order valence-corrected chi connectivity index (χ3v) is 2.39. The lowest BCUT2D eigenvalue weighted by Gasteiger charge is -2.09. The van der Waals surface area contributed by atoms with Gasteiger partial charge in [-0.25, -0.2) is 0 Å². The minimum Gasteiger partial charge on any atom is -0.381 e. The Labute approximate surface area is 85.2 Å². The van der Waals surface area contributed by atoms with Gasteiger partial charge in [0.05, 0.1) is 6.04 Å². The predicted octanol–water partition coefficient (Wildman–Crippen LogP) is 0.267. The van der Waals surface area contributed by atoms with Crippen LogP contribution in [0, 0.1) is 5.92 Å². The van der Waals surface area contributed by atoms with Crippen molar-refractivity contribution < 1.29 is 9.53 Å². The Kier molecular flexibility index (Phi) is 4.90. The first kappa shape index (κ1) is 11.5. The summed E-state index contributed by atoms with van der Waals surface area (Å²) in [4.78, 5) is 10.6. The van der Waals surface area contributed by atoms with Crippen molar-refractivity contribution >= 4 is 5.91 Å². The number of ether oxygens (including phenoxy) is 1. The molecule has 1 aliphatic carbocycles. The molecule has 0 radical (unpaired) electrons. The van der Waals surface area contributed by atoms with E-state index in [1.165, 1.54) is 12.8 Å². The Bertz CT molecular complexity index is 181. The molecule has 0 spiro atoms. The number of amides is 1. The fourth-order valence-electron chi connectivity index (χ4n) is 1.13. The quantitative estimate of drug-likeness (QED) is 0.553. The van der Waals surface area contributed by atoms with E-state index in [-0.39, 0.29) is 11.9 Å². The number of nitrogens with one attached hydrogen (secondary N) is 1. The molecule has 1 aliphatic rings. The molecule has 0 aliphatic heterocycles. The number of carbonyl (C=O) groups is 1. The van der Waals surface area contributed by atoms with Crippen LogP contribution in [0.5, 0.6) is 0 Å². The maximum absolute atomic E-state index is 10.6. The van der Waals surface area contributed by atoms with Crippen LogP contribution < -0.4 is 11.1 Å². The summed E-state index contributed by atoms with van der Waals surface area (Å²) in [5, 5.41) is 3.03. The lowest BCUT2D eigenvalue weighted by Crippen LogP contribution is -2.39. The van der Waals surface area contributed by atoms with Gasteiger partial charge in [-0.1, -0.05) is 0 Å². The molecule has 0 aromatic carbocycles. The van der Waals surface area contributed by atoms with Crippen molar-refractivity contribution in [3.63, 3.8) is 0 Å². The van der Waals surface area contributed by atoms with Gasteiger partial charge < -0.3 is 15.8 Å². The van der Waals surface area contributed by atoms with Crippen LogP contribution in [0.1, 0.15) is 26.2 Å². The van der Waals surface area contributed by atoms with Gasteiger partial charge in [0.15, 0.2) is 0 Å². The third kappa shape index (κ3) is 5.19. The van der Waals surface area contributed by atoms with Crippen molar-refractivity contribution in [2.75, 3.05) is 19.8 Å². The highest BCUT2D eigenvalue weighted by atomic mass is 16.5. The molecule has 82 valence electrons. The molecule has 0 aromatic heterocycles. The summed E-state index contributed by atoms with van der Waals surface area (Å²) in [5.74, 6) is 0.524. The lowest BCUT2D eigenvalue weighted by molar-refractivity contribution is -0.119. The Morgan fingerprint density at radius 2 is 2.36 bits per heavy atom. The molecule has 1 amide bonds. The molecule has 1 atom stereocenters. The summed E-state index contributed by atoms with van der Waals surface area (Å²) >= 11 is 0. The highest BCUT2D eigenvalue weighted by molar-refractivity contribution is 5.79. The summed E-state index contributed by atoms with van der Waals surface area (Å²) in [6, 6.07) is -0.238. The standard InChI is InChI=1S/C10H20N2O2/c1-8(10(11)13)12-5-2-6-14-7-9-3-4-9/h8-9,12H,2-7H2,1H3,(H2,11,13). The van der Waals surface area contributed by atoms with E-state index in [1.807, 2.05) is 0 Å². The minimum absolute atomic E-state index is 0.238. The van der Waals surface area contributed by atoms with Crippen LogP contribution in [0.2, 0.25) is 0 Å². The smallest absolute Gasteiger partial charge is 0.234 e. The molecule has 0 heterocycles. The molecule has 0 bridgehead atoms. The van der Waals surface area contributed by atoms with Crippen molar-refractivity contribution in [1.82, 2.24) is 5.32 Å². The Balaban J connectivity index is 1.80. The third-order valence-electron chi connectivity index (χ3n) is 2.39. The van der Waals surface area contributed by atoms with Crippen LogP contribution in [-0.4, -0.2) is 31.7 Å². The first-order chi connectivity index (χ1) is 6.70. The van der Waals surface area contributed by atoms with Crippen LogP contribution in [0.3, 0.4) is 0 Å². The molecule has 1 saturated carbocycles. The van der Waals surface area contributed by atoms with E-state index < -0.39 is 0 Å². The molecule has 0 aromatic rings. The fourth-order valence-corrected chi connectivity index (χ4v) is 1.13. The van der Waals surface area contributed by atoms with Gasteiger partial charge in [-0.2, -0.15) is 0 Å². The second-order valence-electron chi connectivity index (χ2n) is 3.95. The number of carbonyl (C=O) groups excluding carboxylic acids is 1. The predicted molar refractivity (Wildman–Crippen MR) is 54.8 cm³/mol. The number of rotatable bonds is 8. The zero-order chi connectivity index (χ0) is 10.4. The van der Waals surface area contributed by atoms with E-state index in [2.05, 4.69) is 5.32 Å². The van der Waals surface area contributed by atoms with Gasteiger partial charge >= 0.3 is 0 Å². The summed E-state index contributed by atoms with van der Waals surface area (Å²) in [6.07, 6.45) is 3.60. The molecule has 4 heteroatoms. The summed E-state index contributed by atoms with van der Waals surface area (Å²) in [6.45, 7) is 4.24. The van der Waals surface area contributed by atoms with E-state index in [9.17, 15) is 4.79 Å². The topological polar surface area (TPSA) is 64.3 Å². The lowest BCUT2D eigenvalue weighted by atomic mass is 10.3. The van der Waals surface area contributed by atoms with E-state index in [0.29, 0.717) is 0 Å². The van der Waals surface area contributed by atoms with E-state index >= 15 is 0 Å². The zero-order valence-electron chi connectivity index (χ0n) is 8.79. The molecule has 1 fully saturated rings. The summed E-state index contributed by atoms with van der Waals surface area (Å²) < 4.78 is 5.44. The van der Waals surface area contributed by atoms with E-state index in [0.717, 1.165) is 32.1 Å². The molecule has 4 nitrogen and oxygen atoms in total. The monoisotopic (exact) mass is 200 g/mol. The first-order valence-electron chi connectivity index (χ1n) is 5.30. The molecule has 3 N–H and O–H groups in total. The van der Waals surface area contributed by atoms with Crippen molar-refractivity contribution in [2.45, 2.75) is 32.2 Å². The Hall–Kier alpha value is -0.610. The zero-order valence-corrected chi connectivity index (χ0v) is 8.79. The second kappa shape index (κ2) is 5.98. The maximum atomic E-state index is 10.6. The largest absolute Gasteiger partial charge is 0.381 e. The normalized spacial score (nSPS) is 18.1. The van der Waals surface area contributed by atoms with Gasteiger partial charge in [-0.05, 0) is 38.6 Å². The van der Waals surface area contributed by atoms with Crippen LogP contribution in [0.4, 0.5) is 0 Å². The van der Waals surface area contributed by atoms with E-state index in [4.69, 9.17) is 10.5 Å². The first-order valence-corrected chi connectivity index (χ1v) is 5.30. The van der Waals surface area contributed by atoms with Crippen LogP contribution in [0.15, 0.2) is 0 Å². The molecule has 1 unspecified atom stereocenters. The molecular weight excluding hydrogens is 180 g/mol. The number of hydrogen-bond acceptors (Lipinski definition) is 3. The number of hydrogen-bond donors (Lipinski definition) is 2. The van der Waals surface area contributed by atoms with Crippen molar-refractivity contribution in [1.29, 1.82) is 0 Å². The maximum Gasteiger partial charge on any atom is 0.234 e. The Morgan fingerprint density at radius 3 is 2.93 bits per heavy atom. The summed E-state index contributed by atoms with van der Waals surface area (Å²) in [5.41, 5.74) is 5.09. The number of nitrogens with two attached hydrogens (primary N) is 1. The van der Waals surface area contributed by atoms with Gasteiger partial charge in [0.1, 0.15) is 0 Å². The van der Waals surface area contributed by atoms with Gasteiger partial charge in [0, 0.05) is 13.2 Å². The second-order valence-corrected chi connectivity index (χ2v) is 3.95. The summed E-state index contributed by atoms with van der Waals surface area (Å²) in [7, 11) is 0.